The number of aromatic nitrogens is 2. The van der Waals surface area contributed by atoms with Crippen molar-refractivity contribution in [3.05, 3.63) is 78.3 Å². The highest BCUT2D eigenvalue weighted by atomic mass is 16.8. The third-order valence-electron chi connectivity index (χ3n) is 3.30. The van der Waals surface area contributed by atoms with Crippen molar-refractivity contribution in [2.75, 3.05) is 15.4 Å². The van der Waals surface area contributed by atoms with E-state index in [-0.39, 0.29) is 10.9 Å². The monoisotopic (exact) mass is 336 g/mol. The summed E-state index contributed by atoms with van der Waals surface area (Å²) < 4.78 is 0. The van der Waals surface area contributed by atoms with Crippen LogP contribution in [0.25, 0.3) is 0 Å². The van der Waals surface area contributed by atoms with Gasteiger partial charge in [-0.3, -0.25) is 5.21 Å². The van der Waals surface area contributed by atoms with Crippen LogP contribution in [0.4, 0.5) is 27.8 Å². The van der Waals surface area contributed by atoms with Gasteiger partial charge >= 0.3 is 6.03 Å². The molecule has 3 rings (SSSR count). The van der Waals surface area contributed by atoms with Crippen LogP contribution < -0.4 is 15.4 Å². The first-order valence-corrected chi connectivity index (χ1v) is 7.34. The summed E-state index contributed by atoms with van der Waals surface area (Å²) in [5.41, 5.74) is 0.511. The van der Waals surface area contributed by atoms with Crippen molar-refractivity contribution in [1.29, 1.82) is 0 Å². The molecular weight excluding hydrogens is 322 g/mol. The topological polar surface area (TPSA) is 105 Å². The van der Waals surface area contributed by atoms with Gasteiger partial charge in [0.05, 0.1) is 5.69 Å². The summed E-state index contributed by atoms with van der Waals surface area (Å²) in [5, 5.41) is 22.1. The van der Waals surface area contributed by atoms with Crippen molar-refractivity contribution in [3.8, 4) is 0 Å². The molecule has 2 aromatic heterocycles. The molecule has 8 nitrogen and oxygen atoms in total. The fourth-order valence-corrected chi connectivity index (χ4v) is 2.15. The maximum Gasteiger partial charge on any atom is 0.333 e. The van der Waals surface area contributed by atoms with E-state index in [0.29, 0.717) is 17.3 Å². The van der Waals surface area contributed by atoms with E-state index < -0.39 is 6.03 Å². The number of hydrogen-bond acceptors (Lipinski definition) is 6. The summed E-state index contributed by atoms with van der Waals surface area (Å²) in [6, 6.07) is 15.7. The smallest absolute Gasteiger partial charge is 0.333 e. The minimum Gasteiger partial charge on any atom is -0.733 e. The standard InChI is InChI=1S/C17H14N5O3/c23-17(20-13-7-9-14(10-8-13)22(24)25)21(15-5-1-3-11-18-15)16-6-2-4-12-19-16/h1-12,24H,(H,20,23)/q-1. The van der Waals surface area contributed by atoms with Crippen LogP contribution in [0.2, 0.25) is 0 Å². The van der Waals surface area contributed by atoms with Crippen LogP contribution in [0.3, 0.4) is 0 Å². The van der Waals surface area contributed by atoms with Crippen LogP contribution >= 0.6 is 0 Å². The maximum atomic E-state index is 12.7. The number of pyridine rings is 2. The molecule has 0 radical (unpaired) electrons. The molecule has 0 spiro atoms. The average molecular weight is 336 g/mol. The molecule has 0 unspecified atom stereocenters. The van der Waals surface area contributed by atoms with E-state index in [2.05, 4.69) is 15.3 Å². The van der Waals surface area contributed by atoms with Crippen molar-refractivity contribution in [2.45, 2.75) is 0 Å². The number of benzene rings is 1. The van der Waals surface area contributed by atoms with E-state index in [0.717, 1.165) is 0 Å². The van der Waals surface area contributed by atoms with Crippen LogP contribution in [0, 0.1) is 5.21 Å². The minimum absolute atomic E-state index is 0.0595. The van der Waals surface area contributed by atoms with Gasteiger partial charge in [-0.2, -0.15) is 0 Å². The Morgan fingerprint density at radius 1 is 0.920 bits per heavy atom. The van der Waals surface area contributed by atoms with Gasteiger partial charge in [-0.15, -0.1) is 0 Å². The van der Waals surface area contributed by atoms with Gasteiger partial charge in [-0.05, 0) is 48.5 Å². The van der Waals surface area contributed by atoms with Gasteiger partial charge in [0.1, 0.15) is 11.6 Å². The first-order chi connectivity index (χ1) is 12.1. The van der Waals surface area contributed by atoms with E-state index in [1.54, 1.807) is 48.8 Å². The molecule has 8 heteroatoms. The van der Waals surface area contributed by atoms with Gasteiger partial charge in [-0.25, -0.2) is 19.7 Å². The Labute approximate surface area is 143 Å². The third-order valence-corrected chi connectivity index (χ3v) is 3.30. The number of amides is 2. The average Bonchev–Trinajstić information content (AvgIpc) is 2.64. The molecule has 0 saturated heterocycles. The van der Waals surface area contributed by atoms with Crippen molar-refractivity contribution in [1.82, 2.24) is 9.97 Å². The fraction of sp³-hybridized carbons (Fsp3) is 0. The van der Waals surface area contributed by atoms with Gasteiger partial charge < -0.3 is 15.8 Å². The predicted molar refractivity (Wildman–Crippen MR) is 93.7 cm³/mol. The van der Waals surface area contributed by atoms with Crippen LogP contribution in [-0.2, 0) is 0 Å². The molecular formula is C17H14N5O3-. The Balaban J connectivity index is 1.87. The summed E-state index contributed by atoms with van der Waals surface area (Å²) in [5.74, 6) is 0.827. The maximum absolute atomic E-state index is 12.7. The third kappa shape index (κ3) is 3.89. The predicted octanol–water partition coefficient (Wildman–Crippen LogP) is 3.54. The lowest BCUT2D eigenvalue weighted by molar-refractivity contribution is 0.258. The summed E-state index contributed by atoms with van der Waals surface area (Å²) in [4.78, 5) is 22.5. The number of nitrogens with zero attached hydrogens (tertiary/aromatic N) is 4. The van der Waals surface area contributed by atoms with Crippen LogP contribution in [0.5, 0.6) is 0 Å². The molecule has 0 bridgehead atoms. The zero-order chi connectivity index (χ0) is 17.6. The largest absolute Gasteiger partial charge is 0.733 e. The van der Waals surface area contributed by atoms with Crippen LogP contribution in [0.1, 0.15) is 0 Å². The molecule has 2 N–H and O–H groups in total. The van der Waals surface area contributed by atoms with E-state index in [9.17, 15) is 10.0 Å². The van der Waals surface area contributed by atoms with Gasteiger partial charge in [0.2, 0.25) is 0 Å². The SMILES string of the molecule is O=C(Nc1ccc(N([O-])O)cc1)N(c1ccccn1)c1ccccn1. The second kappa shape index (κ2) is 7.39. The Kier molecular flexibility index (Phi) is 4.84. The van der Waals surface area contributed by atoms with Crippen LogP contribution in [0.15, 0.2) is 73.1 Å². The lowest BCUT2D eigenvalue weighted by Crippen LogP contribution is -2.32. The first kappa shape index (κ1) is 16.4. The Hall–Kier alpha value is -3.49. The highest BCUT2D eigenvalue weighted by Crippen LogP contribution is 2.23. The fourth-order valence-electron chi connectivity index (χ4n) is 2.15. The number of rotatable bonds is 4. The molecule has 0 aliphatic rings. The second-order valence-electron chi connectivity index (χ2n) is 4.96. The molecule has 3 aromatic rings. The molecule has 2 amide bonds. The summed E-state index contributed by atoms with van der Waals surface area (Å²) in [7, 11) is 0. The van der Waals surface area contributed by atoms with Gasteiger partial charge in [0.15, 0.2) is 0 Å². The van der Waals surface area contributed by atoms with Gasteiger partial charge in [-0.1, -0.05) is 12.1 Å². The number of carbonyl (C=O) groups excluding carboxylic acids is 1. The normalized spacial score (nSPS) is 10.2. The lowest BCUT2D eigenvalue weighted by Gasteiger charge is -2.23. The minimum atomic E-state index is -0.465. The Morgan fingerprint density at radius 2 is 1.48 bits per heavy atom. The Bertz CT molecular complexity index is 786. The Morgan fingerprint density at radius 3 is 1.92 bits per heavy atom. The zero-order valence-corrected chi connectivity index (χ0v) is 13.0. The number of nitrogens with one attached hydrogen (secondary N) is 1. The van der Waals surface area contributed by atoms with Crippen molar-refractivity contribution in [2.24, 2.45) is 0 Å². The molecule has 0 fully saturated rings. The van der Waals surface area contributed by atoms with E-state index in [4.69, 9.17) is 5.21 Å². The molecule has 0 atom stereocenters. The van der Waals surface area contributed by atoms with E-state index in [1.165, 1.54) is 29.2 Å². The molecule has 0 saturated carbocycles. The highest BCUT2D eigenvalue weighted by Gasteiger charge is 2.20. The molecule has 1 aromatic carbocycles. The summed E-state index contributed by atoms with van der Waals surface area (Å²) >= 11 is 0. The van der Waals surface area contributed by atoms with Gasteiger partial charge in [0.25, 0.3) is 0 Å². The summed E-state index contributed by atoms with van der Waals surface area (Å²) in [6.07, 6.45) is 3.16. The molecule has 2 heterocycles. The second-order valence-corrected chi connectivity index (χ2v) is 4.96. The van der Waals surface area contributed by atoms with E-state index >= 15 is 0 Å². The molecule has 126 valence electrons. The quantitative estimate of drug-likeness (QED) is 0.706. The van der Waals surface area contributed by atoms with Crippen molar-refractivity contribution >= 4 is 29.0 Å². The number of hydrogen-bond donors (Lipinski definition) is 2. The van der Waals surface area contributed by atoms with Crippen LogP contribution in [-0.4, -0.2) is 21.2 Å². The molecule has 25 heavy (non-hydrogen) atoms. The molecule has 0 aliphatic carbocycles. The van der Waals surface area contributed by atoms with Crippen molar-refractivity contribution in [3.63, 3.8) is 0 Å². The van der Waals surface area contributed by atoms with Gasteiger partial charge in [0, 0.05) is 18.1 Å². The zero-order valence-electron chi connectivity index (χ0n) is 13.0. The first-order valence-electron chi connectivity index (χ1n) is 7.34. The molecule has 0 aliphatic heterocycles. The number of urea groups is 1. The highest BCUT2D eigenvalue weighted by molar-refractivity contribution is 6.05. The number of anilines is 4. The van der Waals surface area contributed by atoms with E-state index in [1.807, 2.05) is 0 Å². The lowest BCUT2D eigenvalue weighted by atomic mass is 10.3. The van der Waals surface area contributed by atoms with Crippen molar-refractivity contribution < 1.29 is 10.0 Å². The number of carbonyl (C=O) groups is 1. The summed E-state index contributed by atoms with van der Waals surface area (Å²) in [6.45, 7) is 0.